The minimum atomic E-state index is -5.08. The molecule has 0 amide bonds. The number of imidazole rings is 1. The molecule has 2 aliphatic rings. The first-order valence-corrected chi connectivity index (χ1v) is 12.9. The van der Waals surface area contributed by atoms with Gasteiger partial charge in [0.2, 0.25) is 0 Å². The number of fused-ring (bicyclic) bond motifs is 1. The van der Waals surface area contributed by atoms with E-state index in [-0.39, 0.29) is 0 Å². The number of rotatable bonds is 5. The normalized spacial score (nSPS) is 16.2. The molecule has 3 heterocycles. The number of halogens is 6. The summed E-state index contributed by atoms with van der Waals surface area (Å²) >= 11 is 0. The largest absolute Gasteiger partial charge is 0.497 e. The molecule has 5 rings (SSSR count). The fourth-order valence-corrected chi connectivity index (χ4v) is 4.38. The maximum atomic E-state index is 10.6. The maximum Gasteiger partial charge on any atom is 0.490 e. The van der Waals surface area contributed by atoms with Crippen molar-refractivity contribution >= 4 is 23.0 Å². The fraction of sp³-hybridized carbons (Fsp3) is 0.481. The van der Waals surface area contributed by atoms with Crippen LogP contribution in [-0.2, 0) is 16.6 Å². The lowest BCUT2D eigenvalue weighted by Crippen LogP contribution is -2.34. The van der Waals surface area contributed by atoms with Crippen LogP contribution < -0.4 is 4.74 Å². The number of hydrogen-bond donors (Lipinski definition) is 2. The summed E-state index contributed by atoms with van der Waals surface area (Å²) in [4.78, 5) is 30.2. The second-order valence-corrected chi connectivity index (χ2v) is 9.97. The van der Waals surface area contributed by atoms with Crippen molar-refractivity contribution in [2.45, 2.75) is 44.0 Å². The summed E-state index contributed by atoms with van der Waals surface area (Å²) in [5.41, 5.74) is 5.43. The molecule has 1 saturated heterocycles. The van der Waals surface area contributed by atoms with Crippen LogP contribution in [0.15, 0.2) is 36.7 Å². The SMILES string of the molecule is COc1ccc(-c2nc(C3CCN(CC4CC4)CC3)cc3c2ncn3C)cc1.O=C(O)C(F)(F)F.O=C(O)C(F)(F)F. The zero-order chi connectivity index (χ0) is 31.2. The minimum absolute atomic E-state index is 0.534. The molecular formula is C27H30F6N4O5. The van der Waals surface area contributed by atoms with Gasteiger partial charge in [0, 0.05) is 30.8 Å². The number of aryl methyl sites for hydroxylation is 1. The molecule has 9 nitrogen and oxygen atoms in total. The van der Waals surface area contributed by atoms with Crippen LogP contribution in [-0.4, -0.2) is 80.7 Å². The highest BCUT2D eigenvalue weighted by molar-refractivity contribution is 5.90. The summed E-state index contributed by atoms with van der Waals surface area (Å²) in [6.07, 6.45) is -3.01. The Kier molecular flexibility index (Phi) is 10.4. The number of alkyl halides is 6. The molecule has 1 saturated carbocycles. The molecule has 1 aliphatic carbocycles. The predicted molar refractivity (Wildman–Crippen MR) is 139 cm³/mol. The summed E-state index contributed by atoms with van der Waals surface area (Å²) in [5.74, 6) is -3.14. The number of ether oxygens (including phenoxy) is 1. The number of benzene rings is 1. The molecule has 0 spiro atoms. The maximum absolute atomic E-state index is 10.6. The van der Waals surface area contributed by atoms with Gasteiger partial charge in [0.15, 0.2) is 0 Å². The van der Waals surface area contributed by atoms with Gasteiger partial charge in [0.1, 0.15) is 11.3 Å². The summed E-state index contributed by atoms with van der Waals surface area (Å²) in [6.45, 7) is 3.70. The molecule has 2 aromatic heterocycles. The Morgan fingerprint density at radius 1 is 0.952 bits per heavy atom. The number of pyridine rings is 1. The van der Waals surface area contributed by atoms with Gasteiger partial charge in [0.05, 0.1) is 24.6 Å². The van der Waals surface area contributed by atoms with Crippen LogP contribution in [0.1, 0.15) is 37.3 Å². The Morgan fingerprint density at radius 2 is 1.48 bits per heavy atom. The third kappa shape index (κ3) is 9.06. The Hall–Kier alpha value is -3.88. The van der Waals surface area contributed by atoms with Gasteiger partial charge in [-0.25, -0.2) is 14.6 Å². The number of nitrogens with zero attached hydrogens (tertiary/aromatic N) is 4. The van der Waals surface area contributed by atoms with E-state index in [9.17, 15) is 26.3 Å². The summed E-state index contributed by atoms with van der Waals surface area (Å²) in [6, 6.07) is 10.4. The van der Waals surface area contributed by atoms with Crippen LogP contribution in [0.3, 0.4) is 0 Å². The molecule has 2 fully saturated rings. The van der Waals surface area contributed by atoms with Crippen molar-refractivity contribution in [2.24, 2.45) is 13.0 Å². The Bertz CT molecular complexity index is 1340. The standard InChI is InChI=1S/C23H28N4O.2C2HF3O2/c1-26-15-24-23-21(26)13-20(17-9-11-27(12-10-17)14-16-3-4-16)25-22(23)18-5-7-19(28-2)8-6-18;2*3-2(4,5)1(6)7/h5-8,13,15-17H,3-4,9-12,14H2,1-2H3;2*(H,6,7). The molecule has 1 aromatic carbocycles. The first-order valence-electron chi connectivity index (χ1n) is 12.9. The number of aliphatic carboxylic acids is 2. The van der Waals surface area contributed by atoms with Gasteiger partial charge in [-0.3, -0.25) is 4.98 Å². The van der Waals surface area contributed by atoms with E-state index in [1.54, 1.807) is 7.11 Å². The highest BCUT2D eigenvalue weighted by Crippen LogP contribution is 2.35. The van der Waals surface area contributed by atoms with E-state index in [1.807, 2.05) is 18.5 Å². The summed E-state index contributed by atoms with van der Waals surface area (Å²) < 4.78 is 70.9. The first kappa shape index (κ1) is 32.6. The highest BCUT2D eigenvalue weighted by atomic mass is 19.4. The summed E-state index contributed by atoms with van der Waals surface area (Å²) in [7, 11) is 3.76. The van der Waals surface area contributed by atoms with E-state index in [2.05, 4.69) is 39.7 Å². The monoisotopic (exact) mass is 604 g/mol. The van der Waals surface area contributed by atoms with Crippen LogP contribution >= 0.6 is 0 Å². The van der Waals surface area contributed by atoms with Crippen molar-refractivity contribution < 1.29 is 50.9 Å². The molecule has 0 radical (unpaired) electrons. The third-order valence-corrected chi connectivity index (χ3v) is 6.80. The van der Waals surface area contributed by atoms with E-state index in [0.717, 1.165) is 34.0 Å². The van der Waals surface area contributed by atoms with Crippen molar-refractivity contribution in [3.05, 3.63) is 42.4 Å². The van der Waals surface area contributed by atoms with Gasteiger partial charge in [0.25, 0.3) is 0 Å². The van der Waals surface area contributed by atoms with Crippen molar-refractivity contribution in [1.29, 1.82) is 0 Å². The number of carboxylic acids is 2. The Morgan fingerprint density at radius 3 is 1.93 bits per heavy atom. The number of aromatic nitrogens is 3. The predicted octanol–water partition coefficient (Wildman–Crippen LogP) is 5.50. The molecule has 42 heavy (non-hydrogen) atoms. The first-order chi connectivity index (χ1) is 19.6. The molecule has 1 aliphatic heterocycles. The number of carboxylic acid groups (broad SMARTS) is 2. The summed E-state index contributed by atoms with van der Waals surface area (Å²) in [5, 5.41) is 14.2. The van der Waals surface area contributed by atoms with Crippen molar-refractivity contribution in [3.63, 3.8) is 0 Å². The van der Waals surface area contributed by atoms with Crippen LogP contribution in [0, 0.1) is 5.92 Å². The highest BCUT2D eigenvalue weighted by Gasteiger charge is 2.39. The smallest absolute Gasteiger partial charge is 0.490 e. The van der Waals surface area contributed by atoms with Gasteiger partial charge in [-0.15, -0.1) is 0 Å². The average molecular weight is 605 g/mol. The van der Waals surface area contributed by atoms with Crippen molar-refractivity contribution in [2.75, 3.05) is 26.7 Å². The molecule has 230 valence electrons. The third-order valence-electron chi connectivity index (χ3n) is 6.80. The lowest BCUT2D eigenvalue weighted by Gasteiger charge is -2.31. The van der Waals surface area contributed by atoms with Crippen LogP contribution in [0.2, 0.25) is 0 Å². The van der Waals surface area contributed by atoms with Crippen LogP contribution in [0.5, 0.6) is 5.75 Å². The van der Waals surface area contributed by atoms with Crippen LogP contribution in [0.4, 0.5) is 26.3 Å². The molecule has 3 aromatic rings. The van der Waals surface area contributed by atoms with E-state index >= 15 is 0 Å². The molecule has 15 heteroatoms. The van der Waals surface area contributed by atoms with Crippen molar-refractivity contribution in [1.82, 2.24) is 19.4 Å². The average Bonchev–Trinajstić information content (AvgIpc) is 3.67. The number of carbonyl (C=O) groups is 2. The van der Waals surface area contributed by atoms with E-state index in [1.165, 1.54) is 51.0 Å². The topological polar surface area (TPSA) is 118 Å². The number of likely N-dealkylation sites (tertiary alicyclic amines) is 1. The molecule has 0 bridgehead atoms. The van der Waals surface area contributed by atoms with Gasteiger partial charge in [-0.2, -0.15) is 26.3 Å². The zero-order valence-corrected chi connectivity index (χ0v) is 22.7. The zero-order valence-electron chi connectivity index (χ0n) is 22.7. The Labute approximate surface area is 236 Å². The molecule has 0 atom stereocenters. The lowest BCUT2D eigenvalue weighted by molar-refractivity contribution is -0.193. The molecule has 2 N–H and O–H groups in total. The quantitative estimate of drug-likeness (QED) is 0.367. The van der Waals surface area contributed by atoms with E-state index in [4.69, 9.17) is 29.5 Å². The Balaban J connectivity index is 0.000000289. The van der Waals surface area contributed by atoms with Crippen LogP contribution in [0.25, 0.3) is 22.3 Å². The second-order valence-electron chi connectivity index (χ2n) is 9.97. The second kappa shape index (κ2) is 13.4. The van der Waals surface area contributed by atoms with Gasteiger partial charge in [-0.05, 0) is 75.0 Å². The minimum Gasteiger partial charge on any atom is -0.497 e. The van der Waals surface area contributed by atoms with Crippen molar-refractivity contribution in [3.8, 4) is 17.0 Å². The number of hydrogen-bond acceptors (Lipinski definition) is 6. The fourth-order valence-electron chi connectivity index (χ4n) is 4.38. The number of piperidine rings is 1. The lowest BCUT2D eigenvalue weighted by atomic mass is 9.92. The van der Waals surface area contributed by atoms with E-state index in [0.29, 0.717) is 5.92 Å². The van der Waals surface area contributed by atoms with Gasteiger partial charge < -0.3 is 24.4 Å². The van der Waals surface area contributed by atoms with Gasteiger partial charge >= 0.3 is 24.3 Å². The van der Waals surface area contributed by atoms with Gasteiger partial charge in [-0.1, -0.05) is 0 Å². The molecular weight excluding hydrogens is 574 g/mol. The van der Waals surface area contributed by atoms with E-state index < -0.39 is 24.3 Å². The molecule has 0 unspecified atom stereocenters. The number of methoxy groups -OCH3 is 1.